The molecule has 1 aliphatic carbocycles. The first kappa shape index (κ1) is 16.5. The van der Waals surface area contributed by atoms with Crippen molar-refractivity contribution < 1.29 is 9.47 Å². The zero-order valence-electron chi connectivity index (χ0n) is 13.6. The zero-order chi connectivity index (χ0) is 15.8. The number of nitrogens with one attached hydrogen (secondary N) is 2. The lowest BCUT2D eigenvalue weighted by Gasteiger charge is -2.17. The second-order valence-electron chi connectivity index (χ2n) is 5.68. The SMILES string of the molecule is CN=C(NCc1ccnc(OCC2CC2)c1)NC(C)COC. The van der Waals surface area contributed by atoms with Gasteiger partial charge in [0.05, 0.1) is 13.2 Å². The second kappa shape index (κ2) is 8.58. The van der Waals surface area contributed by atoms with E-state index in [1.165, 1.54) is 12.8 Å². The Morgan fingerprint density at radius 1 is 1.50 bits per heavy atom. The first-order chi connectivity index (χ1) is 10.7. The Kier molecular flexibility index (Phi) is 6.45. The number of aromatic nitrogens is 1. The number of rotatable bonds is 8. The van der Waals surface area contributed by atoms with Gasteiger partial charge in [0.1, 0.15) is 0 Å². The molecule has 0 aliphatic heterocycles. The molecular formula is C16H26N4O2. The molecule has 1 unspecified atom stereocenters. The van der Waals surface area contributed by atoms with Gasteiger partial charge in [0.2, 0.25) is 5.88 Å². The summed E-state index contributed by atoms with van der Waals surface area (Å²) in [6, 6.07) is 4.15. The lowest BCUT2D eigenvalue weighted by atomic mass is 10.2. The summed E-state index contributed by atoms with van der Waals surface area (Å²) < 4.78 is 10.8. The number of hydrogen-bond donors (Lipinski definition) is 2. The fourth-order valence-electron chi connectivity index (χ4n) is 2.03. The number of aliphatic imine (C=N–C) groups is 1. The van der Waals surface area contributed by atoms with E-state index in [9.17, 15) is 0 Å². The van der Waals surface area contributed by atoms with E-state index in [1.54, 1.807) is 20.4 Å². The average molecular weight is 306 g/mol. The summed E-state index contributed by atoms with van der Waals surface area (Å²) in [5.74, 6) is 2.18. The minimum atomic E-state index is 0.200. The van der Waals surface area contributed by atoms with E-state index in [1.807, 2.05) is 19.1 Å². The highest BCUT2D eigenvalue weighted by Gasteiger charge is 2.22. The molecule has 1 aromatic heterocycles. The third-order valence-electron chi connectivity index (χ3n) is 3.45. The molecule has 1 fully saturated rings. The number of ether oxygens (including phenoxy) is 2. The molecular weight excluding hydrogens is 280 g/mol. The smallest absolute Gasteiger partial charge is 0.213 e. The van der Waals surface area contributed by atoms with Crippen LogP contribution in [0, 0.1) is 5.92 Å². The van der Waals surface area contributed by atoms with Gasteiger partial charge >= 0.3 is 0 Å². The minimum Gasteiger partial charge on any atom is -0.477 e. The second-order valence-corrected chi connectivity index (χ2v) is 5.68. The quantitative estimate of drug-likeness (QED) is 0.564. The van der Waals surface area contributed by atoms with Gasteiger partial charge in [-0.3, -0.25) is 4.99 Å². The molecule has 2 rings (SSSR count). The van der Waals surface area contributed by atoms with Gasteiger partial charge < -0.3 is 20.1 Å². The molecule has 6 nitrogen and oxygen atoms in total. The Morgan fingerprint density at radius 3 is 3.00 bits per heavy atom. The summed E-state index contributed by atoms with van der Waals surface area (Å²) in [5, 5.41) is 6.55. The number of pyridine rings is 1. The topological polar surface area (TPSA) is 67.8 Å². The van der Waals surface area contributed by atoms with Crippen molar-refractivity contribution in [2.24, 2.45) is 10.9 Å². The van der Waals surface area contributed by atoms with E-state index in [-0.39, 0.29) is 6.04 Å². The first-order valence-corrected chi connectivity index (χ1v) is 7.75. The molecule has 0 aromatic carbocycles. The van der Waals surface area contributed by atoms with Crippen molar-refractivity contribution in [1.82, 2.24) is 15.6 Å². The van der Waals surface area contributed by atoms with Gasteiger partial charge in [-0.25, -0.2) is 4.98 Å². The maximum Gasteiger partial charge on any atom is 0.213 e. The van der Waals surface area contributed by atoms with Gasteiger partial charge in [-0.1, -0.05) is 0 Å². The van der Waals surface area contributed by atoms with Crippen molar-refractivity contribution in [1.29, 1.82) is 0 Å². The van der Waals surface area contributed by atoms with Crippen molar-refractivity contribution >= 4 is 5.96 Å². The van der Waals surface area contributed by atoms with Crippen LogP contribution in [0.2, 0.25) is 0 Å². The number of nitrogens with zero attached hydrogens (tertiary/aromatic N) is 2. The zero-order valence-corrected chi connectivity index (χ0v) is 13.6. The molecule has 122 valence electrons. The van der Waals surface area contributed by atoms with Crippen LogP contribution in [0.15, 0.2) is 23.3 Å². The Bertz CT molecular complexity index is 489. The molecule has 1 atom stereocenters. The van der Waals surface area contributed by atoms with Crippen molar-refractivity contribution in [2.75, 3.05) is 27.4 Å². The van der Waals surface area contributed by atoms with E-state index in [0.717, 1.165) is 24.0 Å². The van der Waals surface area contributed by atoms with Crippen molar-refractivity contribution in [2.45, 2.75) is 32.4 Å². The summed E-state index contributed by atoms with van der Waals surface area (Å²) in [5.41, 5.74) is 1.11. The van der Waals surface area contributed by atoms with Gasteiger partial charge in [0, 0.05) is 39.0 Å². The Labute approximate surface area is 132 Å². The predicted octanol–water partition coefficient (Wildman–Crippen LogP) is 1.57. The van der Waals surface area contributed by atoms with E-state index >= 15 is 0 Å². The fraction of sp³-hybridized carbons (Fsp3) is 0.625. The highest BCUT2D eigenvalue weighted by atomic mass is 16.5. The molecule has 0 saturated heterocycles. The van der Waals surface area contributed by atoms with Crippen LogP contribution in [-0.2, 0) is 11.3 Å². The van der Waals surface area contributed by atoms with Crippen LogP contribution >= 0.6 is 0 Å². The van der Waals surface area contributed by atoms with Crippen LogP contribution in [0.4, 0.5) is 0 Å². The maximum absolute atomic E-state index is 5.70. The summed E-state index contributed by atoms with van der Waals surface area (Å²) in [4.78, 5) is 8.45. The largest absolute Gasteiger partial charge is 0.477 e. The van der Waals surface area contributed by atoms with Crippen LogP contribution in [0.3, 0.4) is 0 Å². The number of guanidine groups is 1. The fourth-order valence-corrected chi connectivity index (χ4v) is 2.03. The first-order valence-electron chi connectivity index (χ1n) is 7.75. The number of methoxy groups -OCH3 is 1. The van der Waals surface area contributed by atoms with Gasteiger partial charge in [0.25, 0.3) is 0 Å². The van der Waals surface area contributed by atoms with Gasteiger partial charge in [-0.2, -0.15) is 0 Å². The molecule has 2 N–H and O–H groups in total. The minimum absolute atomic E-state index is 0.200. The van der Waals surface area contributed by atoms with E-state index < -0.39 is 0 Å². The molecule has 0 bridgehead atoms. The Hall–Kier alpha value is -1.82. The third-order valence-corrected chi connectivity index (χ3v) is 3.45. The number of hydrogen-bond acceptors (Lipinski definition) is 4. The Balaban J connectivity index is 1.80. The van der Waals surface area contributed by atoms with Crippen LogP contribution in [-0.4, -0.2) is 44.4 Å². The molecule has 22 heavy (non-hydrogen) atoms. The summed E-state index contributed by atoms with van der Waals surface area (Å²) in [6.07, 6.45) is 4.34. The van der Waals surface area contributed by atoms with Crippen LogP contribution in [0.25, 0.3) is 0 Å². The van der Waals surface area contributed by atoms with Crippen LogP contribution in [0.1, 0.15) is 25.3 Å². The Morgan fingerprint density at radius 2 is 2.32 bits per heavy atom. The summed E-state index contributed by atoms with van der Waals surface area (Å²) in [7, 11) is 3.44. The lowest BCUT2D eigenvalue weighted by Crippen LogP contribution is -2.43. The standard InChI is InChI=1S/C16H26N4O2/c1-12(10-21-3)20-16(17-2)19-9-14-6-7-18-15(8-14)22-11-13-4-5-13/h6-8,12-13H,4-5,9-11H2,1-3H3,(H2,17,19,20). The van der Waals surface area contributed by atoms with Gasteiger partial charge in [0.15, 0.2) is 5.96 Å². The summed E-state index contributed by atoms with van der Waals surface area (Å²) >= 11 is 0. The van der Waals surface area contributed by atoms with Gasteiger partial charge in [-0.15, -0.1) is 0 Å². The molecule has 0 amide bonds. The average Bonchev–Trinajstić information content (AvgIpc) is 3.34. The van der Waals surface area contributed by atoms with Crippen molar-refractivity contribution in [3.8, 4) is 5.88 Å². The highest BCUT2D eigenvalue weighted by Crippen LogP contribution is 2.29. The predicted molar refractivity (Wildman–Crippen MR) is 87.1 cm³/mol. The molecule has 0 radical (unpaired) electrons. The van der Waals surface area contributed by atoms with Crippen molar-refractivity contribution in [3.63, 3.8) is 0 Å². The van der Waals surface area contributed by atoms with Crippen LogP contribution in [0.5, 0.6) is 5.88 Å². The van der Waals surface area contributed by atoms with E-state index in [0.29, 0.717) is 19.0 Å². The normalized spacial score (nSPS) is 16.2. The maximum atomic E-state index is 5.70. The molecule has 1 heterocycles. The molecule has 1 aromatic rings. The lowest BCUT2D eigenvalue weighted by molar-refractivity contribution is 0.179. The van der Waals surface area contributed by atoms with Crippen molar-refractivity contribution in [3.05, 3.63) is 23.9 Å². The van der Waals surface area contributed by atoms with Gasteiger partial charge in [-0.05, 0) is 37.3 Å². The van der Waals surface area contributed by atoms with E-state index in [4.69, 9.17) is 9.47 Å². The molecule has 6 heteroatoms. The molecule has 1 aliphatic rings. The molecule has 1 saturated carbocycles. The molecule has 0 spiro atoms. The third kappa shape index (κ3) is 5.89. The van der Waals surface area contributed by atoms with Crippen LogP contribution < -0.4 is 15.4 Å². The monoisotopic (exact) mass is 306 g/mol. The van der Waals surface area contributed by atoms with E-state index in [2.05, 4.69) is 20.6 Å². The highest BCUT2D eigenvalue weighted by molar-refractivity contribution is 5.79. The summed E-state index contributed by atoms with van der Waals surface area (Å²) in [6.45, 7) is 4.13.